The molecule has 1 aromatic heterocycles. The van der Waals surface area contributed by atoms with E-state index in [0.29, 0.717) is 9.69 Å². The molecule has 0 aliphatic rings. The molecule has 1 heterocycles. The van der Waals surface area contributed by atoms with Crippen LogP contribution in [0.5, 0.6) is 0 Å². The molecule has 0 atom stereocenters. The van der Waals surface area contributed by atoms with Crippen LogP contribution in [0.1, 0.15) is 0 Å². The Morgan fingerprint density at radius 2 is 2.27 bits per heavy atom. The van der Waals surface area contributed by atoms with Crippen molar-refractivity contribution < 1.29 is 4.52 Å². The highest BCUT2D eigenvalue weighted by Gasteiger charge is 2.03. The standard InChI is InChI=1S/C7H3BrClNO/c8-7-5-2-1-4(9)3-6(5)10-11-7/h1-3H. The molecule has 0 aliphatic heterocycles. The van der Waals surface area contributed by atoms with E-state index in [1.807, 2.05) is 6.07 Å². The van der Waals surface area contributed by atoms with E-state index in [9.17, 15) is 0 Å². The average Bonchev–Trinajstić information content (AvgIpc) is 2.32. The molecule has 0 N–H and O–H groups in total. The van der Waals surface area contributed by atoms with Gasteiger partial charge in [0, 0.05) is 5.02 Å². The lowest BCUT2D eigenvalue weighted by Crippen LogP contribution is -1.66. The lowest BCUT2D eigenvalue weighted by molar-refractivity contribution is 0.408. The number of rotatable bonds is 0. The van der Waals surface area contributed by atoms with Gasteiger partial charge in [-0.2, -0.15) is 0 Å². The van der Waals surface area contributed by atoms with Crippen molar-refractivity contribution in [3.63, 3.8) is 0 Å². The smallest absolute Gasteiger partial charge is 0.209 e. The van der Waals surface area contributed by atoms with Crippen LogP contribution in [-0.4, -0.2) is 5.16 Å². The van der Waals surface area contributed by atoms with E-state index in [0.717, 1.165) is 10.9 Å². The van der Waals surface area contributed by atoms with Gasteiger partial charge in [0.25, 0.3) is 0 Å². The minimum atomic E-state index is 0.643. The molecule has 4 heteroatoms. The largest absolute Gasteiger partial charge is 0.348 e. The van der Waals surface area contributed by atoms with Gasteiger partial charge in [-0.3, -0.25) is 0 Å². The predicted molar refractivity (Wildman–Crippen MR) is 46.7 cm³/mol. The van der Waals surface area contributed by atoms with Gasteiger partial charge in [-0.15, -0.1) is 0 Å². The zero-order valence-electron chi connectivity index (χ0n) is 5.34. The van der Waals surface area contributed by atoms with Gasteiger partial charge in [0.1, 0.15) is 5.52 Å². The summed E-state index contributed by atoms with van der Waals surface area (Å²) >= 11 is 8.95. The van der Waals surface area contributed by atoms with Crippen LogP contribution in [0.3, 0.4) is 0 Å². The quantitative estimate of drug-likeness (QED) is 0.697. The zero-order valence-corrected chi connectivity index (χ0v) is 7.69. The van der Waals surface area contributed by atoms with Gasteiger partial charge in [0.15, 0.2) is 0 Å². The van der Waals surface area contributed by atoms with E-state index in [4.69, 9.17) is 16.1 Å². The Balaban J connectivity index is 2.86. The molecule has 0 saturated heterocycles. The molecule has 56 valence electrons. The summed E-state index contributed by atoms with van der Waals surface area (Å²) in [5.74, 6) is 0. The van der Waals surface area contributed by atoms with Gasteiger partial charge in [-0.25, -0.2) is 0 Å². The summed E-state index contributed by atoms with van der Waals surface area (Å²) in [7, 11) is 0. The molecule has 0 amide bonds. The molecule has 2 nitrogen and oxygen atoms in total. The Hall–Kier alpha value is -0.540. The maximum Gasteiger partial charge on any atom is 0.209 e. The van der Waals surface area contributed by atoms with Crippen molar-refractivity contribution in [3.8, 4) is 0 Å². The van der Waals surface area contributed by atoms with E-state index < -0.39 is 0 Å². The van der Waals surface area contributed by atoms with Crippen molar-refractivity contribution in [1.29, 1.82) is 0 Å². The summed E-state index contributed by atoms with van der Waals surface area (Å²) in [5.41, 5.74) is 0.768. The minimum absolute atomic E-state index is 0.643. The number of benzene rings is 1. The van der Waals surface area contributed by atoms with Crippen LogP contribution >= 0.6 is 27.5 Å². The molecule has 1 aromatic carbocycles. The van der Waals surface area contributed by atoms with Crippen molar-refractivity contribution in [2.75, 3.05) is 0 Å². The molecular formula is C7H3BrClNO. The summed E-state index contributed by atoms with van der Waals surface area (Å²) < 4.78 is 5.52. The molecule has 0 aliphatic carbocycles. The van der Waals surface area contributed by atoms with Crippen molar-refractivity contribution >= 4 is 38.4 Å². The first-order valence-electron chi connectivity index (χ1n) is 2.98. The Morgan fingerprint density at radius 1 is 1.45 bits per heavy atom. The second-order valence-corrected chi connectivity index (χ2v) is 3.27. The van der Waals surface area contributed by atoms with Crippen LogP contribution in [0.4, 0.5) is 0 Å². The Bertz CT molecular complexity index is 398. The molecule has 0 spiro atoms. The molecule has 0 fully saturated rings. The van der Waals surface area contributed by atoms with Crippen LogP contribution in [-0.2, 0) is 0 Å². The predicted octanol–water partition coefficient (Wildman–Crippen LogP) is 3.24. The second kappa shape index (κ2) is 2.50. The van der Waals surface area contributed by atoms with Gasteiger partial charge >= 0.3 is 0 Å². The lowest BCUT2D eigenvalue weighted by atomic mass is 10.3. The number of halogens is 2. The van der Waals surface area contributed by atoms with Crippen molar-refractivity contribution in [2.24, 2.45) is 0 Å². The molecule has 2 rings (SSSR count). The number of fused-ring (bicyclic) bond motifs is 1. The summed E-state index contributed by atoms with van der Waals surface area (Å²) in [6.07, 6.45) is 0. The minimum Gasteiger partial charge on any atom is -0.348 e. The third kappa shape index (κ3) is 1.14. The monoisotopic (exact) mass is 231 g/mol. The van der Waals surface area contributed by atoms with E-state index in [-0.39, 0.29) is 0 Å². The maximum absolute atomic E-state index is 5.73. The topological polar surface area (TPSA) is 26.0 Å². The summed E-state index contributed by atoms with van der Waals surface area (Å²) in [6, 6.07) is 5.41. The number of hydrogen-bond donors (Lipinski definition) is 0. The summed E-state index contributed by atoms with van der Waals surface area (Å²) in [4.78, 5) is 0. The van der Waals surface area contributed by atoms with Gasteiger partial charge in [-0.1, -0.05) is 16.8 Å². The van der Waals surface area contributed by atoms with E-state index >= 15 is 0 Å². The fourth-order valence-corrected chi connectivity index (χ4v) is 1.46. The SMILES string of the molecule is Clc1ccc2c(Br)onc2c1. The van der Waals surface area contributed by atoms with Gasteiger partial charge in [0.05, 0.1) is 5.39 Å². The van der Waals surface area contributed by atoms with E-state index in [2.05, 4.69) is 21.1 Å². The molecule has 11 heavy (non-hydrogen) atoms. The third-order valence-corrected chi connectivity index (χ3v) is 2.20. The first-order chi connectivity index (χ1) is 5.27. The molecule has 0 saturated carbocycles. The molecule has 0 bridgehead atoms. The summed E-state index contributed by atoms with van der Waals surface area (Å²) in [5, 5.41) is 5.38. The fourth-order valence-electron chi connectivity index (χ4n) is 0.885. The Morgan fingerprint density at radius 3 is 3.09 bits per heavy atom. The van der Waals surface area contributed by atoms with Gasteiger partial charge < -0.3 is 4.52 Å². The zero-order chi connectivity index (χ0) is 7.84. The van der Waals surface area contributed by atoms with Gasteiger partial charge in [0.2, 0.25) is 4.67 Å². The highest BCUT2D eigenvalue weighted by atomic mass is 79.9. The van der Waals surface area contributed by atoms with Crippen molar-refractivity contribution in [3.05, 3.63) is 27.9 Å². The van der Waals surface area contributed by atoms with Crippen molar-refractivity contribution in [1.82, 2.24) is 5.16 Å². The average molecular weight is 232 g/mol. The molecule has 0 radical (unpaired) electrons. The van der Waals surface area contributed by atoms with Crippen LogP contribution in [0.2, 0.25) is 5.02 Å². The third-order valence-electron chi connectivity index (χ3n) is 1.40. The lowest BCUT2D eigenvalue weighted by Gasteiger charge is -1.86. The molecule has 0 unspecified atom stereocenters. The number of hydrogen-bond acceptors (Lipinski definition) is 2. The van der Waals surface area contributed by atoms with E-state index in [1.54, 1.807) is 12.1 Å². The number of nitrogens with zero attached hydrogens (tertiary/aromatic N) is 1. The molecular weight excluding hydrogens is 229 g/mol. The maximum atomic E-state index is 5.73. The van der Waals surface area contributed by atoms with Crippen LogP contribution in [0.15, 0.2) is 27.4 Å². The Labute approximate surface area is 76.2 Å². The second-order valence-electron chi connectivity index (χ2n) is 2.12. The highest BCUT2D eigenvalue weighted by molar-refractivity contribution is 9.10. The first kappa shape index (κ1) is 7.13. The molecule has 2 aromatic rings. The Kier molecular flexibility index (Phi) is 1.62. The van der Waals surface area contributed by atoms with Crippen LogP contribution in [0.25, 0.3) is 10.9 Å². The first-order valence-corrected chi connectivity index (χ1v) is 4.15. The van der Waals surface area contributed by atoms with Crippen LogP contribution < -0.4 is 0 Å². The van der Waals surface area contributed by atoms with Gasteiger partial charge in [-0.05, 0) is 34.1 Å². The van der Waals surface area contributed by atoms with E-state index in [1.165, 1.54) is 0 Å². The van der Waals surface area contributed by atoms with Crippen LogP contribution in [0, 0.1) is 0 Å². The normalized spacial score (nSPS) is 10.7. The van der Waals surface area contributed by atoms with Crippen molar-refractivity contribution in [2.45, 2.75) is 0 Å². The summed E-state index contributed by atoms with van der Waals surface area (Å²) in [6.45, 7) is 0. The fraction of sp³-hybridized carbons (Fsp3) is 0. The highest BCUT2D eigenvalue weighted by Crippen LogP contribution is 2.25. The number of aromatic nitrogens is 1.